The van der Waals surface area contributed by atoms with Gasteiger partial charge in [-0.25, -0.2) is 17.6 Å². The third-order valence-corrected chi connectivity index (χ3v) is 26.5. The van der Waals surface area contributed by atoms with Crippen LogP contribution in [0.3, 0.4) is 0 Å². The number of nitrogens with zero attached hydrogens (tertiary/aromatic N) is 8. The van der Waals surface area contributed by atoms with E-state index >= 15 is 17.6 Å². The predicted octanol–water partition coefficient (Wildman–Crippen LogP) is 30.3. The van der Waals surface area contributed by atoms with Gasteiger partial charge in [0.15, 0.2) is 0 Å². The maximum absolute atomic E-state index is 15.7. The van der Waals surface area contributed by atoms with Gasteiger partial charge in [0.2, 0.25) is 0 Å². The van der Waals surface area contributed by atoms with E-state index in [1.807, 2.05) is 36.4 Å². The molecule has 6 heterocycles. The van der Waals surface area contributed by atoms with Crippen molar-refractivity contribution >= 4 is 131 Å². The van der Waals surface area contributed by atoms with Crippen LogP contribution in [0.1, 0.15) is 115 Å². The molecule has 0 aliphatic rings. The zero-order valence-electron chi connectivity index (χ0n) is 71.7. The van der Waals surface area contributed by atoms with Gasteiger partial charge in [0, 0.05) is 99.3 Å². The Morgan fingerprint density at radius 1 is 0.238 bits per heavy atom. The minimum absolute atomic E-state index is 0.157. The summed E-state index contributed by atoms with van der Waals surface area (Å²) in [5.74, 6) is -2.98. The van der Waals surface area contributed by atoms with E-state index in [9.17, 15) is 10.5 Å². The number of rotatable bonds is 11. The molecule has 0 aliphatic heterocycles. The van der Waals surface area contributed by atoms with Crippen LogP contribution in [0.2, 0.25) is 0 Å². The van der Waals surface area contributed by atoms with Crippen molar-refractivity contribution in [2.45, 2.75) is 104 Å². The van der Waals surface area contributed by atoms with Gasteiger partial charge in [-0.1, -0.05) is 210 Å². The highest BCUT2D eigenvalue weighted by Crippen LogP contribution is 2.49. The van der Waals surface area contributed by atoms with Crippen molar-refractivity contribution in [2.24, 2.45) is 0 Å². The summed E-state index contributed by atoms with van der Waals surface area (Å²) in [7, 11) is 0. The molecule has 0 unspecified atom stereocenters. The maximum Gasteiger partial charge on any atom is 0.126 e. The fourth-order valence-electron chi connectivity index (χ4n) is 20.3. The highest BCUT2D eigenvalue weighted by Gasteiger charge is 2.32. The van der Waals surface area contributed by atoms with Crippen molar-refractivity contribution < 1.29 is 17.6 Å². The molecule has 610 valence electrons. The monoisotopic (exact) mass is 1640 g/mol. The van der Waals surface area contributed by atoms with Crippen molar-refractivity contribution in [2.75, 3.05) is 0 Å². The van der Waals surface area contributed by atoms with Crippen molar-refractivity contribution in [3.8, 4) is 68.5 Å². The average molecular weight is 1640 g/mol. The average Bonchev–Trinajstić information content (AvgIpc) is 1.55. The molecule has 0 aliphatic carbocycles. The van der Waals surface area contributed by atoms with Crippen molar-refractivity contribution in [1.29, 1.82) is 10.5 Å². The highest BCUT2D eigenvalue weighted by molar-refractivity contribution is 6.17. The van der Waals surface area contributed by atoms with Gasteiger partial charge in [0.25, 0.3) is 0 Å². The quantitative estimate of drug-likeness (QED) is 0.121. The van der Waals surface area contributed by atoms with E-state index in [2.05, 4.69) is 352 Å². The maximum atomic E-state index is 15.7. The Morgan fingerprint density at radius 3 is 0.857 bits per heavy atom. The van der Waals surface area contributed by atoms with E-state index in [0.717, 1.165) is 182 Å². The van der Waals surface area contributed by atoms with Crippen molar-refractivity contribution in [3.63, 3.8) is 0 Å². The molecule has 16 aromatic carbocycles. The van der Waals surface area contributed by atoms with Crippen molar-refractivity contribution in [3.05, 3.63) is 372 Å². The summed E-state index contributed by atoms with van der Waals surface area (Å²) in [6, 6.07) is 109. The van der Waals surface area contributed by atoms with Gasteiger partial charge in [-0.2, -0.15) is 10.5 Å². The molecule has 126 heavy (non-hydrogen) atoms. The van der Waals surface area contributed by atoms with Gasteiger partial charge in [-0.3, -0.25) is 0 Å². The Balaban J connectivity index is 0.702. The second-order valence-corrected chi connectivity index (χ2v) is 37.9. The van der Waals surface area contributed by atoms with Crippen LogP contribution in [0.15, 0.2) is 309 Å². The first-order valence-corrected chi connectivity index (χ1v) is 43.0. The van der Waals surface area contributed by atoms with E-state index in [4.69, 9.17) is 0 Å². The minimum atomic E-state index is -0.751. The molecular weight excluding hydrogens is 1560 g/mol. The van der Waals surface area contributed by atoms with Crippen LogP contribution in [-0.2, 0) is 28.1 Å². The van der Waals surface area contributed by atoms with Gasteiger partial charge >= 0.3 is 0 Å². The molecule has 0 fully saturated rings. The normalized spacial score (nSPS) is 12.6. The predicted molar refractivity (Wildman–Crippen MR) is 512 cm³/mol. The number of hydrogen-bond donors (Lipinski definition) is 0. The summed E-state index contributed by atoms with van der Waals surface area (Å²) < 4.78 is 76.5. The standard InChI is InChI=1S/C114H86F4N8/c1-111(2,3)71-33-42-101-91(53-71)92-54-72(112(4,5)6)34-43-102(92)123(101)107-51-69(64-119)88(67-47-75(115)57-76(116)48-67)61-109(107)124-103-44-35-73(113(7,8)9)55-93(103)94-56-74(36-45-104(94)124)114(10,11)63-66-32-41-100-90(46-66)85-26-16-19-29-97(85)122(100)80-38-40-86-83-24-14-20-30-98(83)125(105(86)60-80)108-52-70(65-120)89(68-49-77(117)58-78(118)50-68)62-110(108)126-99-31-21-15-25-84(99)87-39-37-79(59-106(87)126)121-95-27-17-12-22-81(95)82-23-13-18-28-96(82)121/h12-62H,63H2,1-11H3. The summed E-state index contributed by atoms with van der Waals surface area (Å²) in [6.45, 7) is 24.7. The van der Waals surface area contributed by atoms with E-state index < -0.39 is 28.7 Å². The molecule has 22 rings (SSSR count). The van der Waals surface area contributed by atoms with E-state index in [-0.39, 0.29) is 38.5 Å². The third-order valence-electron chi connectivity index (χ3n) is 26.5. The lowest BCUT2D eigenvalue weighted by Crippen LogP contribution is -2.20. The summed E-state index contributed by atoms with van der Waals surface area (Å²) in [6.07, 6.45) is 0.675. The van der Waals surface area contributed by atoms with Gasteiger partial charge in [-0.05, 0) is 231 Å². The Bertz CT molecular complexity index is 8400. The Kier molecular flexibility index (Phi) is 17.1. The molecule has 6 aromatic heterocycles. The smallest absolute Gasteiger partial charge is 0.126 e. The highest BCUT2D eigenvalue weighted by atomic mass is 19.1. The van der Waals surface area contributed by atoms with Crippen molar-refractivity contribution in [1.82, 2.24) is 27.4 Å². The molecular formula is C114H86F4N8. The Hall–Kier alpha value is -15.0. The first-order valence-electron chi connectivity index (χ1n) is 43.0. The molecule has 12 heteroatoms. The molecule has 0 bridgehead atoms. The fraction of sp³-hybridized carbons (Fsp3) is 0.140. The summed E-state index contributed by atoms with van der Waals surface area (Å²) in [4.78, 5) is 0. The lowest BCUT2D eigenvalue weighted by atomic mass is 9.78. The second-order valence-electron chi connectivity index (χ2n) is 37.9. The van der Waals surface area contributed by atoms with E-state index in [1.165, 1.54) is 35.4 Å². The number of hydrogen-bond acceptors (Lipinski definition) is 2. The second kappa shape index (κ2) is 28.0. The van der Waals surface area contributed by atoms with Gasteiger partial charge in [-0.15, -0.1) is 0 Å². The van der Waals surface area contributed by atoms with Gasteiger partial charge in [0.05, 0.1) is 112 Å². The lowest BCUT2D eigenvalue weighted by Gasteiger charge is -2.26. The SMILES string of the molecule is CC(C)(C)c1ccc2c(c1)c1cc(C(C)(C)C)ccc1n2-c1cc(C#N)c(-c2cc(F)cc(F)c2)cc1-n1c2ccc(C(C)(C)C)cc2c2cc(C(C)(C)Cc3ccc4c(c3)c3ccccc3n4-c3ccc4c5ccccc5n(-c5cc(C#N)c(-c6cc(F)cc(F)c6)cc5-n5c6ccccc6c6ccc(-n7c8ccccc8c8ccccc87)cc65)c4c3)ccc21. The number of fused-ring (bicyclic) bond motifs is 18. The number of para-hydroxylation sites is 5. The zero-order valence-corrected chi connectivity index (χ0v) is 71.7. The molecule has 0 amide bonds. The number of benzene rings is 16. The lowest BCUT2D eigenvalue weighted by molar-refractivity contribution is 0.523. The first kappa shape index (κ1) is 77.1. The molecule has 0 N–H and O–H groups in total. The van der Waals surface area contributed by atoms with E-state index in [0.29, 0.717) is 28.9 Å². The van der Waals surface area contributed by atoms with Crippen LogP contribution in [0, 0.1) is 45.9 Å². The zero-order chi connectivity index (χ0) is 86.6. The first-order chi connectivity index (χ1) is 60.6. The summed E-state index contributed by atoms with van der Waals surface area (Å²) in [5.41, 5.74) is 22.9. The molecule has 0 atom stereocenters. The summed E-state index contributed by atoms with van der Waals surface area (Å²) in [5, 5.41) is 35.5. The number of nitriles is 2. The van der Waals surface area contributed by atoms with Gasteiger partial charge in [0.1, 0.15) is 23.3 Å². The van der Waals surface area contributed by atoms with Crippen LogP contribution >= 0.6 is 0 Å². The fourth-order valence-corrected chi connectivity index (χ4v) is 20.3. The molecule has 0 spiro atoms. The third kappa shape index (κ3) is 12.1. The van der Waals surface area contributed by atoms with Crippen LogP contribution in [-0.4, -0.2) is 27.4 Å². The number of halogens is 4. The summed E-state index contributed by atoms with van der Waals surface area (Å²) >= 11 is 0. The largest absolute Gasteiger partial charge is 0.309 e. The van der Waals surface area contributed by atoms with Crippen LogP contribution < -0.4 is 0 Å². The van der Waals surface area contributed by atoms with E-state index in [1.54, 1.807) is 0 Å². The van der Waals surface area contributed by atoms with Crippen LogP contribution in [0.5, 0.6) is 0 Å². The van der Waals surface area contributed by atoms with Crippen LogP contribution in [0.25, 0.3) is 187 Å². The van der Waals surface area contributed by atoms with Gasteiger partial charge < -0.3 is 27.4 Å². The molecule has 0 saturated heterocycles. The molecule has 22 aromatic rings. The Labute approximate surface area is 726 Å². The molecule has 0 saturated carbocycles. The topological polar surface area (TPSA) is 77.2 Å². The minimum Gasteiger partial charge on any atom is -0.309 e. The van der Waals surface area contributed by atoms with Crippen LogP contribution in [0.4, 0.5) is 17.6 Å². The Morgan fingerprint density at radius 2 is 0.508 bits per heavy atom. The molecule has 8 nitrogen and oxygen atoms in total. The number of aromatic nitrogens is 6. The molecule has 0 radical (unpaired) electrons.